The second-order valence-corrected chi connectivity index (χ2v) is 8.66. The Labute approximate surface area is 189 Å². The molecule has 0 amide bonds. The van der Waals surface area contributed by atoms with Crippen molar-refractivity contribution >= 4 is 32.7 Å². The van der Waals surface area contributed by atoms with Gasteiger partial charge in [-0.05, 0) is 40.1 Å². The third-order valence-electron chi connectivity index (χ3n) is 5.26. The van der Waals surface area contributed by atoms with Gasteiger partial charge in [0.05, 0.1) is 18.7 Å². The summed E-state index contributed by atoms with van der Waals surface area (Å²) in [5.74, 6) is 1.89. The lowest BCUT2D eigenvalue weighted by Gasteiger charge is -2.27. The molecule has 2 aromatic rings. The summed E-state index contributed by atoms with van der Waals surface area (Å²) in [6.07, 6.45) is 6.04. The molecule has 0 N–H and O–H groups in total. The highest BCUT2D eigenvalue weighted by molar-refractivity contribution is 9.10. The van der Waals surface area contributed by atoms with Crippen molar-refractivity contribution in [2.75, 3.05) is 52.1 Å². The fourth-order valence-corrected chi connectivity index (χ4v) is 4.17. The molecule has 0 fully saturated rings. The predicted molar refractivity (Wildman–Crippen MR) is 120 cm³/mol. The first-order valence-electron chi connectivity index (χ1n) is 10.1. The maximum absolute atomic E-state index is 14.6. The summed E-state index contributed by atoms with van der Waals surface area (Å²) in [5, 5.41) is 0.816. The van der Waals surface area contributed by atoms with Gasteiger partial charge in [-0.2, -0.15) is 0 Å². The maximum atomic E-state index is 14.6. The maximum Gasteiger partial charge on any atom is 0.189 e. The summed E-state index contributed by atoms with van der Waals surface area (Å²) < 4.78 is 35.0. The van der Waals surface area contributed by atoms with Crippen LogP contribution in [0.5, 0.6) is 11.5 Å². The summed E-state index contributed by atoms with van der Waals surface area (Å²) >= 11 is 3.16. The number of fused-ring (bicyclic) bond motifs is 1. The SMILES string of the molecule is COCCOc1cc2ncnc(N3CCC4=C3CC(F)(Br)C=C4)c2cc1OCCOC. The number of hydrogen-bond donors (Lipinski definition) is 0. The van der Waals surface area contributed by atoms with E-state index in [1.807, 2.05) is 18.2 Å². The lowest BCUT2D eigenvalue weighted by atomic mass is 10.0. The molecule has 0 saturated heterocycles. The summed E-state index contributed by atoms with van der Waals surface area (Å²) in [5.41, 5.74) is 2.79. The normalized spacial score (nSPS) is 20.5. The highest BCUT2D eigenvalue weighted by atomic mass is 79.9. The topological polar surface area (TPSA) is 65.9 Å². The van der Waals surface area contributed by atoms with E-state index in [0.29, 0.717) is 37.9 Å². The summed E-state index contributed by atoms with van der Waals surface area (Å²) in [6, 6.07) is 3.73. The summed E-state index contributed by atoms with van der Waals surface area (Å²) in [6.45, 7) is 2.41. The first kappa shape index (κ1) is 22.0. The second-order valence-electron chi connectivity index (χ2n) is 7.34. The summed E-state index contributed by atoms with van der Waals surface area (Å²) in [7, 11) is 3.25. The van der Waals surface area contributed by atoms with Gasteiger partial charge in [0.1, 0.15) is 25.4 Å². The monoisotopic (exact) mass is 493 g/mol. The number of anilines is 1. The van der Waals surface area contributed by atoms with Gasteiger partial charge in [0.15, 0.2) is 16.1 Å². The van der Waals surface area contributed by atoms with Gasteiger partial charge < -0.3 is 23.8 Å². The number of benzene rings is 1. The Morgan fingerprint density at radius 2 is 1.77 bits per heavy atom. The number of hydrogen-bond acceptors (Lipinski definition) is 7. The molecule has 4 rings (SSSR count). The molecule has 1 aliphatic carbocycles. The van der Waals surface area contributed by atoms with Crippen molar-refractivity contribution < 1.29 is 23.3 Å². The number of ether oxygens (including phenoxy) is 4. The van der Waals surface area contributed by atoms with Crippen LogP contribution in [0.15, 0.2) is 41.9 Å². The van der Waals surface area contributed by atoms with Crippen LogP contribution in [0, 0.1) is 0 Å². The Balaban J connectivity index is 1.72. The minimum absolute atomic E-state index is 0.250. The van der Waals surface area contributed by atoms with E-state index in [2.05, 4.69) is 30.8 Å². The van der Waals surface area contributed by atoms with Gasteiger partial charge in [-0.25, -0.2) is 14.4 Å². The molecule has 31 heavy (non-hydrogen) atoms. The van der Waals surface area contributed by atoms with Crippen LogP contribution < -0.4 is 14.4 Å². The fourth-order valence-electron chi connectivity index (χ4n) is 3.77. The fraction of sp³-hybridized carbons (Fsp3) is 0.455. The zero-order chi connectivity index (χ0) is 21.8. The standard InChI is InChI=1S/C22H25BrFN3O4/c1-28-7-9-30-19-11-16-17(12-20(19)31-10-8-29-2)25-14-26-21(16)27-6-4-15-3-5-22(23,24)13-18(15)27/h3,5,11-12,14H,4,6-10,13H2,1-2H3. The number of nitrogens with zero attached hydrogens (tertiary/aromatic N) is 3. The van der Waals surface area contributed by atoms with Gasteiger partial charge in [0.25, 0.3) is 0 Å². The molecule has 2 aliphatic rings. The molecule has 1 unspecified atom stereocenters. The van der Waals surface area contributed by atoms with Crippen molar-refractivity contribution in [2.45, 2.75) is 17.4 Å². The average molecular weight is 494 g/mol. The molecular weight excluding hydrogens is 469 g/mol. The Morgan fingerprint density at radius 1 is 1.06 bits per heavy atom. The number of aromatic nitrogens is 2. The lowest BCUT2D eigenvalue weighted by molar-refractivity contribution is 0.132. The van der Waals surface area contributed by atoms with E-state index in [1.54, 1.807) is 20.3 Å². The Hall–Kier alpha value is -2.23. The highest BCUT2D eigenvalue weighted by Crippen LogP contribution is 2.44. The molecule has 0 saturated carbocycles. The van der Waals surface area contributed by atoms with E-state index in [1.165, 1.54) is 6.33 Å². The van der Waals surface area contributed by atoms with Crippen LogP contribution in [0.3, 0.4) is 0 Å². The average Bonchev–Trinajstić information content (AvgIpc) is 3.15. The van der Waals surface area contributed by atoms with Crippen LogP contribution in [-0.2, 0) is 9.47 Å². The largest absolute Gasteiger partial charge is 0.487 e. The van der Waals surface area contributed by atoms with Crippen molar-refractivity contribution in [3.05, 3.63) is 41.9 Å². The molecule has 7 nitrogen and oxygen atoms in total. The first-order chi connectivity index (χ1) is 15.0. The zero-order valence-corrected chi connectivity index (χ0v) is 19.2. The van der Waals surface area contributed by atoms with Gasteiger partial charge in [-0.1, -0.05) is 6.08 Å². The van der Waals surface area contributed by atoms with Crippen molar-refractivity contribution in [3.8, 4) is 11.5 Å². The van der Waals surface area contributed by atoms with Gasteiger partial charge in [0.2, 0.25) is 0 Å². The van der Waals surface area contributed by atoms with Crippen LogP contribution in [0.4, 0.5) is 10.2 Å². The minimum Gasteiger partial charge on any atom is -0.487 e. The lowest BCUT2D eigenvalue weighted by Crippen LogP contribution is -2.25. The molecule has 1 aliphatic heterocycles. The van der Waals surface area contributed by atoms with E-state index in [9.17, 15) is 4.39 Å². The van der Waals surface area contributed by atoms with Gasteiger partial charge in [0, 0.05) is 44.3 Å². The van der Waals surface area contributed by atoms with E-state index in [0.717, 1.165) is 41.0 Å². The Bertz CT molecular complexity index is 1010. The van der Waals surface area contributed by atoms with Gasteiger partial charge >= 0.3 is 0 Å². The van der Waals surface area contributed by atoms with Crippen molar-refractivity contribution in [2.24, 2.45) is 0 Å². The molecule has 9 heteroatoms. The van der Waals surface area contributed by atoms with Crippen LogP contribution >= 0.6 is 15.9 Å². The zero-order valence-electron chi connectivity index (χ0n) is 17.6. The third kappa shape index (κ3) is 4.83. The molecule has 1 aromatic heterocycles. The Morgan fingerprint density at radius 3 is 2.48 bits per heavy atom. The van der Waals surface area contributed by atoms with Gasteiger partial charge in [-0.3, -0.25) is 0 Å². The highest BCUT2D eigenvalue weighted by Gasteiger charge is 2.35. The third-order valence-corrected chi connectivity index (χ3v) is 5.80. The number of allylic oxidation sites excluding steroid dienone is 3. The van der Waals surface area contributed by atoms with E-state index >= 15 is 0 Å². The van der Waals surface area contributed by atoms with Crippen LogP contribution in [0.1, 0.15) is 12.8 Å². The smallest absolute Gasteiger partial charge is 0.189 e. The van der Waals surface area contributed by atoms with E-state index < -0.39 is 4.58 Å². The molecule has 1 aromatic carbocycles. The molecule has 0 bridgehead atoms. The number of rotatable bonds is 9. The van der Waals surface area contributed by atoms with Crippen LogP contribution in [0.25, 0.3) is 10.9 Å². The molecule has 1 atom stereocenters. The minimum atomic E-state index is -1.55. The Kier molecular flexibility index (Phi) is 6.74. The molecule has 0 spiro atoms. The molecule has 2 heterocycles. The van der Waals surface area contributed by atoms with Crippen molar-refractivity contribution in [3.63, 3.8) is 0 Å². The van der Waals surface area contributed by atoms with Crippen LogP contribution in [-0.4, -0.2) is 61.7 Å². The van der Waals surface area contributed by atoms with E-state index in [-0.39, 0.29) is 6.42 Å². The second kappa shape index (κ2) is 9.50. The number of halogens is 2. The van der Waals surface area contributed by atoms with Crippen molar-refractivity contribution in [1.29, 1.82) is 0 Å². The number of alkyl halides is 2. The van der Waals surface area contributed by atoms with Crippen LogP contribution in [0.2, 0.25) is 0 Å². The number of methoxy groups -OCH3 is 2. The first-order valence-corrected chi connectivity index (χ1v) is 10.9. The predicted octanol–water partition coefficient (Wildman–Crippen LogP) is 4.17. The summed E-state index contributed by atoms with van der Waals surface area (Å²) in [4.78, 5) is 11.1. The van der Waals surface area contributed by atoms with Gasteiger partial charge in [-0.15, -0.1) is 0 Å². The molecule has 166 valence electrons. The molecular formula is C22H25BrFN3O4. The van der Waals surface area contributed by atoms with E-state index in [4.69, 9.17) is 18.9 Å². The van der Waals surface area contributed by atoms with Crippen molar-refractivity contribution in [1.82, 2.24) is 9.97 Å². The quantitative estimate of drug-likeness (QED) is 0.383. The molecule has 0 radical (unpaired) electrons.